The van der Waals surface area contributed by atoms with Crippen molar-refractivity contribution in [3.63, 3.8) is 0 Å². The van der Waals surface area contributed by atoms with Gasteiger partial charge in [0.1, 0.15) is 18.3 Å². The molecule has 6 nitrogen and oxygen atoms in total. The standard InChI is InChI=1S/C14H26O6/c1-2-3-4-5-6-7-12(17)20-11(8-15)14-13(18)10(16)9-19-14/h10-11,13-16,18H,2-9H2,1H3/t10-,11?,13-,14?/m1/s1. The normalized spacial score (nSPS) is 27.5. The Morgan fingerprint density at radius 1 is 1.30 bits per heavy atom. The monoisotopic (exact) mass is 290 g/mol. The molecule has 0 aromatic heterocycles. The molecule has 0 bridgehead atoms. The maximum atomic E-state index is 11.7. The van der Waals surface area contributed by atoms with Crippen LogP contribution in [-0.4, -0.2) is 58.9 Å². The van der Waals surface area contributed by atoms with Crippen LogP contribution in [0.25, 0.3) is 0 Å². The predicted octanol–water partition coefficient (Wildman–Crippen LogP) is 0.372. The quantitative estimate of drug-likeness (QED) is 0.419. The highest BCUT2D eigenvalue weighted by Crippen LogP contribution is 2.20. The van der Waals surface area contributed by atoms with Crippen molar-refractivity contribution in [1.29, 1.82) is 0 Å². The summed E-state index contributed by atoms with van der Waals surface area (Å²) in [6.45, 7) is 1.67. The Bertz CT molecular complexity index is 283. The number of hydrogen-bond acceptors (Lipinski definition) is 6. The van der Waals surface area contributed by atoms with Crippen molar-refractivity contribution in [3.8, 4) is 0 Å². The Morgan fingerprint density at radius 3 is 2.55 bits per heavy atom. The zero-order chi connectivity index (χ0) is 15.0. The van der Waals surface area contributed by atoms with Gasteiger partial charge in [0.05, 0.1) is 13.2 Å². The molecular weight excluding hydrogens is 264 g/mol. The van der Waals surface area contributed by atoms with Crippen molar-refractivity contribution >= 4 is 5.97 Å². The number of unbranched alkanes of at least 4 members (excludes halogenated alkanes) is 4. The summed E-state index contributed by atoms with van der Waals surface area (Å²) in [4.78, 5) is 11.7. The number of ether oxygens (including phenoxy) is 2. The molecule has 3 N–H and O–H groups in total. The van der Waals surface area contributed by atoms with E-state index in [-0.39, 0.29) is 6.61 Å². The van der Waals surface area contributed by atoms with Gasteiger partial charge in [-0.05, 0) is 6.42 Å². The summed E-state index contributed by atoms with van der Waals surface area (Å²) in [5, 5.41) is 28.3. The van der Waals surface area contributed by atoms with Crippen LogP contribution in [0.15, 0.2) is 0 Å². The number of rotatable bonds is 9. The first kappa shape index (κ1) is 17.4. The fourth-order valence-electron chi connectivity index (χ4n) is 2.26. The van der Waals surface area contributed by atoms with Gasteiger partial charge >= 0.3 is 5.97 Å². The number of aliphatic hydroxyl groups is 3. The summed E-state index contributed by atoms with van der Waals surface area (Å²) in [6, 6.07) is 0. The van der Waals surface area contributed by atoms with Gasteiger partial charge < -0.3 is 24.8 Å². The highest BCUT2D eigenvalue weighted by atomic mass is 16.6. The lowest BCUT2D eigenvalue weighted by Gasteiger charge is -2.23. The van der Waals surface area contributed by atoms with E-state index in [4.69, 9.17) is 9.47 Å². The molecule has 0 saturated carbocycles. The summed E-state index contributed by atoms with van der Waals surface area (Å²) in [6.07, 6.45) is 1.53. The van der Waals surface area contributed by atoms with E-state index < -0.39 is 37.0 Å². The molecule has 1 aliphatic heterocycles. The summed E-state index contributed by atoms with van der Waals surface area (Å²) < 4.78 is 10.3. The van der Waals surface area contributed by atoms with Crippen LogP contribution in [0.1, 0.15) is 45.4 Å². The van der Waals surface area contributed by atoms with Gasteiger partial charge in [-0.25, -0.2) is 0 Å². The van der Waals surface area contributed by atoms with Gasteiger partial charge in [-0.2, -0.15) is 0 Å². The molecule has 0 spiro atoms. The molecule has 1 aliphatic rings. The topological polar surface area (TPSA) is 96.2 Å². The Hall–Kier alpha value is -0.690. The Labute approximate surface area is 119 Å². The van der Waals surface area contributed by atoms with E-state index in [0.717, 1.165) is 32.1 Å². The second-order valence-electron chi connectivity index (χ2n) is 5.23. The van der Waals surface area contributed by atoms with Crippen LogP contribution in [0.2, 0.25) is 0 Å². The van der Waals surface area contributed by atoms with Crippen molar-refractivity contribution in [2.45, 2.75) is 69.9 Å². The van der Waals surface area contributed by atoms with Gasteiger partial charge in [0.15, 0.2) is 6.10 Å². The van der Waals surface area contributed by atoms with Gasteiger partial charge in [0.2, 0.25) is 0 Å². The Kier molecular flexibility index (Phi) is 8.06. The fraction of sp³-hybridized carbons (Fsp3) is 0.929. The molecule has 0 aliphatic carbocycles. The molecule has 0 amide bonds. The molecule has 1 rings (SSSR count). The fourth-order valence-corrected chi connectivity index (χ4v) is 2.26. The molecule has 1 fully saturated rings. The molecule has 2 unspecified atom stereocenters. The van der Waals surface area contributed by atoms with Crippen LogP contribution < -0.4 is 0 Å². The lowest BCUT2D eigenvalue weighted by molar-refractivity contribution is -0.162. The minimum absolute atomic E-state index is 0.0170. The van der Waals surface area contributed by atoms with E-state index in [1.807, 2.05) is 0 Å². The van der Waals surface area contributed by atoms with Gasteiger partial charge in [-0.15, -0.1) is 0 Å². The van der Waals surface area contributed by atoms with E-state index in [0.29, 0.717) is 6.42 Å². The third-order valence-electron chi connectivity index (χ3n) is 3.50. The van der Waals surface area contributed by atoms with E-state index in [1.165, 1.54) is 0 Å². The average molecular weight is 290 g/mol. The highest BCUT2D eigenvalue weighted by Gasteiger charge is 2.41. The first-order valence-electron chi connectivity index (χ1n) is 7.38. The second-order valence-corrected chi connectivity index (χ2v) is 5.23. The zero-order valence-corrected chi connectivity index (χ0v) is 12.0. The maximum Gasteiger partial charge on any atom is 0.306 e. The Morgan fingerprint density at radius 2 is 2.00 bits per heavy atom. The molecule has 0 radical (unpaired) electrons. The van der Waals surface area contributed by atoms with E-state index >= 15 is 0 Å². The summed E-state index contributed by atoms with van der Waals surface area (Å²) in [7, 11) is 0. The SMILES string of the molecule is CCCCCCCC(=O)OC(CO)C1OC[C@@H](O)[C@H]1O. The van der Waals surface area contributed by atoms with Crippen LogP contribution in [0, 0.1) is 0 Å². The molecular formula is C14H26O6. The Balaban J connectivity index is 2.27. The first-order valence-corrected chi connectivity index (χ1v) is 7.38. The molecule has 20 heavy (non-hydrogen) atoms. The minimum atomic E-state index is -1.13. The third kappa shape index (κ3) is 5.36. The van der Waals surface area contributed by atoms with Crippen LogP contribution in [-0.2, 0) is 14.3 Å². The number of esters is 1. The summed E-state index contributed by atoms with van der Waals surface area (Å²) in [5.41, 5.74) is 0. The van der Waals surface area contributed by atoms with Crippen LogP contribution in [0.5, 0.6) is 0 Å². The third-order valence-corrected chi connectivity index (χ3v) is 3.50. The molecule has 4 atom stereocenters. The number of hydrogen-bond donors (Lipinski definition) is 3. The summed E-state index contributed by atoms with van der Waals surface area (Å²) in [5.74, 6) is -0.405. The zero-order valence-electron chi connectivity index (χ0n) is 12.0. The lowest BCUT2D eigenvalue weighted by atomic mass is 10.1. The predicted molar refractivity (Wildman–Crippen MR) is 72.1 cm³/mol. The van der Waals surface area contributed by atoms with Gasteiger partial charge in [-0.3, -0.25) is 4.79 Å². The van der Waals surface area contributed by atoms with E-state index in [1.54, 1.807) is 0 Å². The van der Waals surface area contributed by atoms with Crippen molar-refractivity contribution in [2.75, 3.05) is 13.2 Å². The van der Waals surface area contributed by atoms with Gasteiger partial charge in [0, 0.05) is 6.42 Å². The average Bonchev–Trinajstić information content (AvgIpc) is 2.76. The molecule has 0 aromatic carbocycles. The number of aliphatic hydroxyl groups excluding tert-OH is 3. The van der Waals surface area contributed by atoms with Gasteiger partial charge in [-0.1, -0.05) is 32.6 Å². The molecule has 1 saturated heterocycles. The maximum absolute atomic E-state index is 11.7. The van der Waals surface area contributed by atoms with E-state index in [9.17, 15) is 20.1 Å². The van der Waals surface area contributed by atoms with Crippen molar-refractivity contribution in [1.82, 2.24) is 0 Å². The molecule has 6 heteroatoms. The van der Waals surface area contributed by atoms with Crippen molar-refractivity contribution < 1.29 is 29.6 Å². The van der Waals surface area contributed by atoms with Crippen LogP contribution >= 0.6 is 0 Å². The number of carbonyl (C=O) groups excluding carboxylic acids is 1. The first-order chi connectivity index (χ1) is 9.60. The molecule has 118 valence electrons. The van der Waals surface area contributed by atoms with Crippen LogP contribution in [0.3, 0.4) is 0 Å². The smallest absolute Gasteiger partial charge is 0.306 e. The van der Waals surface area contributed by atoms with Gasteiger partial charge in [0.25, 0.3) is 0 Å². The molecule has 0 aromatic rings. The van der Waals surface area contributed by atoms with E-state index in [2.05, 4.69) is 6.92 Å². The largest absolute Gasteiger partial charge is 0.457 e. The van der Waals surface area contributed by atoms with Crippen LogP contribution in [0.4, 0.5) is 0 Å². The van der Waals surface area contributed by atoms with Crippen molar-refractivity contribution in [3.05, 3.63) is 0 Å². The summed E-state index contributed by atoms with van der Waals surface area (Å²) >= 11 is 0. The number of carbonyl (C=O) groups is 1. The van der Waals surface area contributed by atoms with Crippen molar-refractivity contribution in [2.24, 2.45) is 0 Å². The second kappa shape index (κ2) is 9.28. The highest BCUT2D eigenvalue weighted by molar-refractivity contribution is 5.69. The molecule has 1 heterocycles. The lowest BCUT2D eigenvalue weighted by Crippen LogP contribution is -2.43. The minimum Gasteiger partial charge on any atom is -0.457 e.